The molecule has 0 aliphatic rings. The number of amides is 1. The van der Waals surface area contributed by atoms with Gasteiger partial charge >= 0.3 is 5.97 Å². The zero-order valence-electron chi connectivity index (χ0n) is 10.5. The Balaban J connectivity index is 2.22. The molecule has 2 aromatic rings. The smallest absolute Gasteiger partial charge is 0.305 e. The van der Waals surface area contributed by atoms with Crippen LogP contribution in [-0.2, 0) is 4.79 Å². The Morgan fingerprint density at radius 1 is 1.33 bits per heavy atom. The number of hydrogen-bond donors (Lipinski definition) is 2. The SMILES string of the molecule is O=C(O)CC(NC(=O)c1nc(Cl)ccc1Cl)c1cccs1. The van der Waals surface area contributed by atoms with E-state index in [9.17, 15) is 9.59 Å². The van der Waals surface area contributed by atoms with Crippen LogP contribution in [-0.4, -0.2) is 22.0 Å². The van der Waals surface area contributed by atoms with Crippen LogP contribution in [0.5, 0.6) is 0 Å². The standard InChI is InChI=1S/C13H10Cl2N2O3S/c14-7-3-4-10(15)17-12(7)13(20)16-8(6-11(18)19)9-2-1-5-21-9/h1-5,8H,6H2,(H,16,20)(H,18,19). The second kappa shape index (κ2) is 6.89. The molecule has 110 valence electrons. The topological polar surface area (TPSA) is 79.3 Å². The summed E-state index contributed by atoms with van der Waals surface area (Å²) >= 11 is 13.0. The van der Waals surface area contributed by atoms with Crippen molar-refractivity contribution < 1.29 is 14.7 Å². The summed E-state index contributed by atoms with van der Waals surface area (Å²) in [4.78, 5) is 27.7. The lowest BCUT2D eigenvalue weighted by atomic mass is 10.1. The van der Waals surface area contributed by atoms with Crippen LogP contribution >= 0.6 is 34.5 Å². The van der Waals surface area contributed by atoms with Crippen LogP contribution in [0.15, 0.2) is 29.6 Å². The third-order valence-electron chi connectivity index (χ3n) is 2.60. The second-order valence-electron chi connectivity index (χ2n) is 4.10. The summed E-state index contributed by atoms with van der Waals surface area (Å²) in [5, 5.41) is 13.7. The number of carbonyl (C=O) groups excluding carboxylic acids is 1. The first kappa shape index (κ1) is 15.8. The lowest BCUT2D eigenvalue weighted by molar-refractivity contribution is -0.137. The van der Waals surface area contributed by atoms with Gasteiger partial charge in [-0.15, -0.1) is 11.3 Å². The van der Waals surface area contributed by atoms with Gasteiger partial charge in [0.15, 0.2) is 0 Å². The van der Waals surface area contributed by atoms with E-state index >= 15 is 0 Å². The molecule has 0 radical (unpaired) electrons. The highest BCUT2D eigenvalue weighted by atomic mass is 35.5. The van der Waals surface area contributed by atoms with Gasteiger partial charge in [0.25, 0.3) is 5.91 Å². The molecule has 0 spiro atoms. The Morgan fingerprint density at radius 2 is 2.10 bits per heavy atom. The molecule has 5 nitrogen and oxygen atoms in total. The highest BCUT2D eigenvalue weighted by Gasteiger charge is 2.22. The van der Waals surface area contributed by atoms with E-state index in [1.54, 1.807) is 17.5 Å². The molecule has 2 aromatic heterocycles. The van der Waals surface area contributed by atoms with Gasteiger partial charge in [-0.1, -0.05) is 29.3 Å². The minimum Gasteiger partial charge on any atom is -0.481 e. The maximum atomic E-state index is 12.2. The first-order valence-corrected chi connectivity index (χ1v) is 7.49. The van der Waals surface area contributed by atoms with Gasteiger partial charge in [-0.3, -0.25) is 9.59 Å². The molecule has 1 atom stereocenters. The van der Waals surface area contributed by atoms with Gasteiger partial charge in [0.2, 0.25) is 0 Å². The molecule has 0 aliphatic carbocycles. The number of pyridine rings is 1. The van der Waals surface area contributed by atoms with Gasteiger partial charge in [0.1, 0.15) is 10.8 Å². The van der Waals surface area contributed by atoms with Crippen LogP contribution in [0.25, 0.3) is 0 Å². The first-order valence-electron chi connectivity index (χ1n) is 5.85. The number of thiophene rings is 1. The summed E-state index contributed by atoms with van der Waals surface area (Å²) < 4.78 is 0. The molecule has 21 heavy (non-hydrogen) atoms. The molecule has 1 amide bonds. The molecule has 0 fully saturated rings. The lowest BCUT2D eigenvalue weighted by Crippen LogP contribution is -2.30. The fraction of sp³-hybridized carbons (Fsp3) is 0.154. The predicted octanol–water partition coefficient (Wildman–Crippen LogP) is 3.40. The van der Waals surface area contributed by atoms with Gasteiger partial charge < -0.3 is 10.4 Å². The van der Waals surface area contributed by atoms with E-state index in [1.165, 1.54) is 23.5 Å². The minimum absolute atomic E-state index is 0.0314. The van der Waals surface area contributed by atoms with Crippen molar-refractivity contribution in [1.29, 1.82) is 0 Å². The normalized spacial score (nSPS) is 11.9. The summed E-state index contributed by atoms with van der Waals surface area (Å²) in [6, 6.07) is 5.82. The predicted molar refractivity (Wildman–Crippen MR) is 81.0 cm³/mol. The van der Waals surface area contributed by atoms with Crippen molar-refractivity contribution in [3.05, 3.63) is 50.4 Å². The largest absolute Gasteiger partial charge is 0.481 e. The van der Waals surface area contributed by atoms with E-state index in [0.717, 1.165) is 4.88 Å². The molecule has 2 N–H and O–H groups in total. The number of carboxylic acid groups (broad SMARTS) is 1. The summed E-state index contributed by atoms with van der Waals surface area (Å²) in [5.74, 6) is -1.58. The van der Waals surface area contributed by atoms with Crippen molar-refractivity contribution in [3.8, 4) is 0 Å². The molecule has 0 aliphatic heterocycles. The van der Waals surface area contributed by atoms with Crippen molar-refractivity contribution in [2.45, 2.75) is 12.5 Å². The Bertz CT molecular complexity index is 661. The number of halogens is 2. The van der Waals surface area contributed by atoms with E-state index in [4.69, 9.17) is 28.3 Å². The molecule has 2 heterocycles. The van der Waals surface area contributed by atoms with Gasteiger partial charge in [-0.05, 0) is 23.6 Å². The van der Waals surface area contributed by atoms with Crippen molar-refractivity contribution in [1.82, 2.24) is 10.3 Å². The number of carbonyl (C=O) groups is 2. The molecular formula is C13H10Cl2N2O3S. The van der Waals surface area contributed by atoms with E-state index in [1.807, 2.05) is 0 Å². The van der Waals surface area contributed by atoms with Crippen LogP contribution in [0.3, 0.4) is 0 Å². The summed E-state index contributed by atoms with van der Waals surface area (Å²) in [7, 11) is 0. The first-order chi connectivity index (χ1) is 9.97. The quantitative estimate of drug-likeness (QED) is 0.814. The number of nitrogens with one attached hydrogen (secondary N) is 1. The van der Waals surface area contributed by atoms with Crippen LogP contribution in [0.1, 0.15) is 27.8 Å². The number of nitrogens with zero attached hydrogens (tertiary/aromatic N) is 1. The third-order valence-corrected chi connectivity index (χ3v) is 4.10. The van der Waals surface area contributed by atoms with E-state index < -0.39 is 17.9 Å². The van der Waals surface area contributed by atoms with Crippen LogP contribution < -0.4 is 5.32 Å². The highest BCUT2D eigenvalue weighted by Crippen LogP contribution is 2.24. The Hall–Kier alpha value is -1.63. The third kappa shape index (κ3) is 4.17. The van der Waals surface area contributed by atoms with Crippen LogP contribution in [0, 0.1) is 0 Å². The van der Waals surface area contributed by atoms with E-state index in [2.05, 4.69) is 10.3 Å². The molecule has 2 rings (SSSR count). The molecule has 8 heteroatoms. The van der Waals surface area contributed by atoms with Gasteiger partial charge in [-0.2, -0.15) is 0 Å². The number of hydrogen-bond acceptors (Lipinski definition) is 4. The maximum Gasteiger partial charge on any atom is 0.305 e. The molecule has 1 unspecified atom stereocenters. The number of aromatic nitrogens is 1. The Kier molecular flexibility index (Phi) is 5.17. The summed E-state index contributed by atoms with van der Waals surface area (Å²) in [6.45, 7) is 0. The minimum atomic E-state index is -1.01. The highest BCUT2D eigenvalue weighted by molar-refractivity contribution is 7.10. The zero-order chi connectivity index (χ0) is 15.4. The number of carboxylic acids is 1. The number of aliphatic carboxylic acids is 1. The molecule has 0 saturated heterocycles. The fourth-order valence-corrected chi connectivity index (χ4v) is 2.81. The van der Waals surface area contributed by atoms with Crippen LogP contribution in [0.4, 0.5) is 0 Å². The molecule has 0 bridgehead atoms. The van der Waals surface area contributed by atoms with Crippen molar-refractivity contribution in [2.75, 3.05) is 0 Å². The Labute approximate surface area is 134 Å². The number of rotatable bonds is 5. The monoisotopic (exact) mass is 344 g/mol. The zero-order valence-corrected chi connectivity index (χ0v) is 12.9. The molecule has 0 saturated carbocycles. The van der Waals surface area contributed by atoms with Crippen molar-refractivity contribution >= 4 is 46.4 Å². The average Bonchev–Trinajstić information content (AvgIpc) is 2.94. The van der Waals surface area contributed by atoms with Crippen molar-refractivity contribution in [2.24, 2.45) is 0 Å². The fourth-order valence-electron chi connectivity index (χ4n) is 1.69. The van der Waals surface area contributed by atoms with Crippen molar-refractivity contribution in [3.63, 3.8) is 0 Å². The van der Waals surface area contributed by atoms with E-state index in [-0.39, 0.29) is 22.3 Å². The maximum absolute atomic E-state index is 12.2. The molecular weight excluding hydrogens is 335 g/mol. The average molecular weight is 345 g/mol. The van der Waals surface area contributed by atoms with Gasteiger partial charge in [-0.25, -0.2) is 4.98 Å². The summed E-state index contributed by atoms with van der Waals surface area (Å²) in [5.41, 5.74) is -0.0314. The van der Waals surface area contributed by atoms with Gasteiger partial charge in [0, 0.05) is 4.88 Å². The van der Waals surface area contributed by atoms with E-state index in [0.29, 0.717) is 0 Å². The Morgan fingerprint density at radius 3 is 2.71 bits per heavy atom. The second-order valence-corrected chi connectivity index (χ2v) is 5.88. The lowest BCUT2D eigenvalue weighted by Gasteiger charge is -2.15. The summed E-state index contributed by atoms with van der Waals surface area (Å²) in [6.07, 6.45) is -0.232. The van der Waals surface area contributed by atoms with Gasteiger partial charge in [0.05, 0.1) is 17.5 Å². The van der Waals surface area contributed by atoms with Crippen LogP contribution in [0.2, 0.25) is 10.2 Å². The molecule has 0 aromatic carbocycles.